The number of amides is 1. The third-order valence-electron chi connectivity index (χ3n) is 4.50. The second-order valence-corrected chi connectivity index (χ2v) is 6.88. The van der Waals surface area contributed by atoms with Crippen LogP contribution in [0.5, 0.6) is 5.75 Å². The smallest absolute Gasteiger partial charge is 0.307 e. The molecule has 0 radical (unpaired) electrons. The highest BCUT2D eigenvalue weighted by atomic mass is 16.5. The van der Waals surface area contributed by atoms with Crippen LogP contribution in [0.3, 0.4) is 0 Å². The van der Waals surface area contributed by atoms with E-state index in [4.69, 9.17) is 4.74 Å². The first kappa shape index (κ1) is 20.5. The Kier molecular flexibility index (Phi) is 6.99. The van der Waals surface area contributed by atoms with Gasteiger partial charge in [-0.3, -0.25) is 9.59 Å². The van der Waals surface area contributed by atoms with Gasteiger partial charge in [0.05, 0.1) is 18.4 Å². The van der Waals surface area contributed by atoms with Crippen molar-refractivity contribution in [3.63, 3.8) is 0 Å². The molecule has 0 aliphatic heterocycles. The first-order valence-electron chi connectivity index (χ1n) is 9.14. The lowest BCUT2D eigenvalue weighted by Gasteiger charge is -2.21. The van der Waals surface area contributed by atoms with Crippen LogP contribution in [0.15, 0.2) is 42.5 Å². The predicted molar refractivity (Wildman–Crippen MR) is 106 cm³/mol. The van der Waals surface area contributed by atoms with Gasteiger partial charge < -0.3 is 15.2 Å². The summed E-state index contributed by atoms with van der Waals surface area (Å²) >= 11 is 0. The molecule has 0 saturated heterocycles. The Bertz CT molecular complexity index is 778. The second kappa shape index (κ2) is 9.21. The SMILES string of the molecule is CCOc1ccc(NC(=O)C(Cc2cc(C)cc(C)c2)C(C)C(=O)O)cc1. The number of hydrogen-bond acceptors (Lipinski definition) is 3. The Balaban J connectivity index is 2.19. The second-order valence-electron chi connectivity index (χ2n) is 6.88. The van der Waals surface area contributed by atoms with E-state index in [2.05, 4.69) is 11.4 Å². The van der Waals surface area contributed by atoms with Gasteiger partial charge in [-0.25, -0.2) is 0 Å². The van der Waals surface area contributed by atoms with Gasteiger partial charge in [0.15, 0.2) is 0 Å². The van der Waals surface area contributed by atoms with Crippen LogP contribution in [-0.4, -0.2) is 23.6 Å². The number of anilines is 1. The van der Waals surface area contributed by atoms with E-state index in [9.17, 15) is 14.7 Å². The Hall–Kier alpha value is -2.82. The van der Waals surface area contributed by atoms with Crippen molar-refractivity contribution in [3.8, 4) is 5.75 Å². The molecule has 2 N–H and O–H groups in total. The van der Waals surface area contributed by atoms with Crippen molar-refractivity contribution in [2.75, 3.05) is 11.9 Å². The Morgan fingerprint density at radius 1 is 1.07 bits per heavy atom. The fraction of sp³-hybridized carbons (Fsp3) is 0.364. The predicted octanol–water partition coefficient (Wildman–Crippen LogP) is 4.22. The summed E-state index contributed by atoms with van der Waals surface area (Å²) in [4.78, 5) is 24.4. The average molecular weight is 369 g/mol. The Labute approximate surface area is 160 Å². The van der Waals surface area contributed by atoms with Gasteiger partial charge in [0.2, 0.25) is 5.91 Å². The van der Waals surface area contributed by atoms with Crippen molar-refractivity contribution in [1.82, 2.24) is 0 Å². The number of nitrogens with one attached hydrogen (secondary N) is 1. The van der Waals surface area contributed by atoms with Crippen LogP contribution in [0.25, 0.3) is 0 Å². The van der Waals surface area contributed by atoms with Gasteiger partial charge in [0, 0.05) is 5.69 Å². The van der Waals surface area contributed by atoms with Crippen molar-refractivity contribution in [2.45, 2.75) is 34.1 Å². The van der Waals surface area contributed by atoms with Gasteiger partial charge in [-0.05, 0) is 57.0 Å². The molecule has 0 aliphatic carbocycles. The fourth-order valence-corrected chi connectivity index (χ4v) is 3.15. The summed E-state index contributed by atoms with van der Waals surface area (Å²) in [6.45, 7) is 8.03. The monoisotopic (exact) mass is 369 g/mol. The molecule has 0 aromatic heterocycles. The maximum atomic E-state index is 12.8. The number of benzene rings is 2. The first-order chi connectivity index (χ1) is 12.8. The Morgan fingerprint density at radius 3 is 2.19 bits per heavy atom. The topological polar surface area (TPSA) is 75.6 Å². The van der Waals surface area contributed by atoms with Crippen molar-refractivity contribution < 1.29 is 19.4 Å². The molecule has 2 aromatic carbocycles. The standard InChI is InChI=1S/C22H27NO4/c1-5-27-19-8-6-18(7-9-19)23-21(24)20(16(4)22(25)26)13-17-11-14(2)10-15(3)12-17/h6-12,16,20H,5,13H2,1-4H3,(H,23,24)(H,25,26). The number of aryl methyl sites for hydroxylation is 2. The van der Waals surface area contributed by atoms with Gasteiger partial charge in [-0.2, -0.15) is 0 Å². The van der Waals surface area contributed by atoms with Gasteiger partial charge in [-0.15, -0.1) is 0 Å². The van der Waals surface area contributed by atoms with E-state index in [0.29, 0.717) is 18.7 Å². The lowest BCUT2D eigenvalue weighted by atomic mass is 9.86. The van der Waals surface area contributed by atoms with Crippen LogP contribution >= 0.6 is 0 Å². The molecule has 2 atom stereocenters. The number of carboxylic acids is 1. The van der Waals surface area contributed by atoms with E-state index in [0.717, 1.165) is 22.4 Å². The molecule has 0 fully saturated rings. The lowest BCUT2D eigenvalue weighted by Crippen LogP contribution is -2.33. The minimum atomic E-state index is -0.980. The van der Waals surface area contributed by atoms with Crippen molar-refractivity contribution in [3.05, 3.63) is 59.2 Å². The number of rotatable bonds is 8. The van der Waals surface area contributed by atoms with Crippen LogP contribution in [0.2, 0.25) is 0 Å². The maximum absolute atomic E-state index is 12.8. The third kappa shape index (κ3) is 5.84. The highest BCUT2D eigenvalue weighted by Crippen LogP contribution is 2.23. The van der Waals surface area contributed by atoms with Crippen molar-refractivity contribution in [1.29, 1.82) is 0 Å². The van der Waals surface area contributed by atoms with E-state index in [1.807, 2.05) is 32.9 Å². The number of hydrogen-bond donors (Lipinski definition) is 2. The molecular weight excluding hydrogens is 342 g/mol. The quantitative estimate of drug-likeness (QED) is 0.730. The van der Waals surface area contributed by atoms with Gasteiger partial charge in [0.25, 0.3) is 0 Å². The maximum Gasteiger partial charge on any atom is 0.307 e. The molecule has 27 heavy (non-hydrogen) atoms. The van der Waals surface area contributed by atoms with Crippen LogP contribution in [0, 0.1) is 25.7 Å². The average Bonchev–Trinajstić information content (AvgIpc) is 2.60. The molecule has 0 bridgehead atoms. The number of carbonyl (C=O) groups excluding carboxylic acids is 1. The molecule has 0 saturated carbocycles. The van der Waals surface area contributed by atoms with Crippen molar-refractivity contribution >= 4 is 17.6 Å². The molecule has 2 aromatic rings. The van der Waals surface area contributed by atoms with Crippen molar-refractivity contribution in [2.24, 2.45) is 11.8 Å². The largest absolute Gasteiger partial charge is 0.494 e. The van der Waals surface area contributed by atoms with Gasteiger partial charge in [-0.1, -0.05) is 36.2 Å². The summed E-state index contributed by atoms with van der Waals surface area (Å²) in [6, 6.07) is 13.1. The van der Waals surface area contributed by atoms with E-state index >= 15 is 0 Å². The normalized spacial score (nSPS) is 12.9. The lowest BCUT2D eigenvalue weighted by molar-refractivity contribution is -0.145. The van der Waals surface area contributed by atoms with E-state index in [1.165, 1.54) is 0 Å². The zero-order valence-electron chi connectivity index (χ0n) is 16.3. The minimum Gasteiger partial charge on any atom is -0.494 e. The van der Waals surface area contributed by atoms with Crippen LogP contribution < -0.4 is 10.1 Å². The molecule has 2 unspecified atom stereocenters. The summed E-state index contributed by atoms with van der Waals surface area (Å²) in [6.07, 6.45) is 0.374. The van der Waals surface area contributed by atoms with E-state index in [-0.39, 0.29) is 5.91 Å². The zero-order chi connectivity index (χ0) is 20.0. The summed E-state index contributed by atoms with van der Waals surface area (Å²) in [7, 11) is 0. The summed E-state index contributed by atoms with van der Waals surface area (Å²) in [5.74, 6) is -2.02. The summed E-state index contributed by atoms with van der Waals surface area (Å²) in [5, 5.41) is 12.3. The molecule has 2 rings (SSSR count). The Morgan fingerprint density at radius 2 is 1.67 bits per heavy atom. The molecule has 0 heterocycles. The van der Waals surface area contributed by atoms with Crippen LogP contribution in [0.4, 0.5) is 5.69 Å². The molecule has 0 aliphatic rings. The number of carboxylic acid groups (broad SMARTS) is 1. The zero-order valence-corrected chi connectivity index (χ0v) is 16.3. The molecule has 5 nitrogen and oxygen atoms in total. The molecular formula is C22H27NO4. The number of aliphatic carboxylic acids is 1. The summed E-state index contributed by atoms with van der Waals surface area (Å²) in [5.41, 5.74) is 3.77. The van der Waals surface area contributed by atoms with Crippen LogP contribution in [-0.2, 0) is 16.0 Å². The minimum absolute atomic E-state index is 0.298. The summed E-state index contributed by atoms with van der Waals surface area (Å²) < 4.78 is 5.39. The van der Waals surface area contributed by atoms with Gasteiger partial charge >= 0.3 is 5.97 Å². The van der Waals surface area contributed by atoms with Crippen LogP contribution in [0.1, 0.15) is 30.5 Å². The number of carbonyl (C=O) groups is 2. The highest BCUT2D eigenvalue weighted by Gasteiger charge is 2.30. The third-order valence-corrected chi connectivity index (χ3v) is 4.50. The highest BCUT2D eigenvalue weighted by molar-refractivity contribution is 5.95. The number of ether oxygens (including phenoxy) is 1. The molecule has 144 valence electrons. The molecule has 5 heteroatoms. The van der Waals surface area contributed by atoms with E-state index < -0.39 is 17.8 Å². The van der Waals surface area contributed by atoms with Gasteiger partial charge in [0.1, 0.15) is 5.75 Å². The molecule has 1 amide bonds. The fourth-order valence-electron chi connectivity index (χ4n) is 3.15. The van der Waals surface area contributed by atoms with E-state index in [1.54, 1.807) is 31.2 Å². The first-order valence-corrected chi connectivity index (χ1v) is 9.14. The molecule has 0 spiro atoms.